The Labute approximate surface area is 268 Å². The number of methoxy groups -OCH3 is 1. The number of alkyl halides is 3. The minimum atomic E-state index is -5.08. The fourth-order valence-electron chi connectivity index (χ4n) is 6.07. The van der Waals surface area contributed by atoms with Crippen LogP contribution in [0.1, 0.15) is 34.7 Å². The number of carbonyl (C=O) groups excluding carboxylic acids is 1. The van der Waals surface area contributed by atoms with Gasteiger partial charge in [0.05, 0.1) is 36.9 Å². The molecular weight excluding hydrogens is 617 g/mol. The highest BCUT2D eigenvalue weighted by molar-refractivity contribution is 6.10. The number of amides is 1. The van der Waals surface area contributed by atoms with Gasteiger partial charge in [0.15, 0.2) is 0 Å². The lowest BCUT2D eigenvalue weighted by atomic mass is 9.91. The van der Waals surface area contributed by atoms with Crippen molar-refractivity contribution in [3.05, 3.63) is 83.0 Å². The first-order valence-corrected chi connectivity index (χ1v) is 15.1. The van der Waals surface area contributed by atoms with Crippen LogP contribution in [-0.4, -0.2) is 84.8 Å². The molecule has 7 rings (SSSR count). The first kappa shape index (κ1) is 32.1. The van der Waals surface area contributed by atoms with Gasteiger partial charge in [-0.3, -0.25) is 14.8 Å². The van der Waals surface area contributed by atoms with E-state index in [4.69, 9.17) is 24.1 Å². The van der Waals surface area contributed by atoms with Crippen LogP contribution in [0.25, 0.3) is 23.1 Å². The molecule has 1 aromatic heterocycles. The number of benzene rings is 3. The number of anilines is 1. The summed E-state index contributed by atoms with van der Waals surface area (Å²) in [4.78, 5) is 24.3. The van der Waals surface area contributed by atoms with Crippen LogP contribution in [0.3, 0.4) is 0 Å². The number of nitrogens with zero attached hydrogens (tertiary/aromatic N) is 2. The van der Waals surface area contributed by atoms with E-state index < -0.39 is 17.6 Å². The molecule has 246 valence electrons. The van der Waals surface area contributed by atoms with Crippen molar-refractivity contribution in [3.63, 3.8) is 0 Å². The van der Waals surface area contributed by atoms with Gasteiger partial charge in [-0.1, -0.05) is 30.3 Å². The van der Waals surface area contributed by atoms with Gasteiger partial charge in [-0.25, -0.2) is 4.79 Å². The van der Waals surface area contributed by atoms with Crippen LogP contribution in [0.15, 0.2) is 60.7 Å². The summed E-state index contributed by atoms with van der Waals surface area (Å²) >= 11 is 0. The van der Waals surface area contributed by atoms with Crippen LogP contribution in [0.2, 0.25) is 0 Å². The molecule has 3 N–H and O–H groups in total. The molecule has 0 unspecified atom stereocenters. The highest BCUT2D eigenvalue weighted by Crippen LogP contribution is 2.65. The summed E-state index contributed by atoms with van der Waals surface area (Å²) in [6.45, 7) is 5.13. The highest BCUT2D eigenvalue weighted by Gasteiger charge is 2.65. The smallest absolute Gasteiger partial charge is 0.490 e. The first-order chi connectivity index (χ1) is 22.6. The molecule has 3 aliphatic rings. The van der Waals surface area contributed by atoms with Gasteiger partial charge in [0.2, 0.25) is 5.91 Å². The molecule has 1 amide bonds. The molecule has 2 aliphatic heterocycles. The van der Waals surface area contributed by atoms with Gasteiger partial charge < -0.3 is 24.6 Å². The Bertz CT molecular complexity index is 1800. The maximum Gasteiger partial charge on any atom is 0.490 e. The number of carbonyl (C=O) groups is 2. The molecule has 47 heavy (non-hydrogen) atoms. The number of aromatic nitrogens is 2. The normalized spacial score (nSPS) is 20.5. The molecule has 1 saturated carbocycles. The molecule has 1 aliphatic carbocycles. The van der Waals surface area contributed by atoms with Crippen LogP contribution < -0.4 is 14.8 Å². The molecule has 3 heterocycles. The number of carboxylic acids is 1. The fourth-order valence-corrected chi connectivity index (χ4v) is 6.07. The van der Waals surface area contributed by atoms with Crippen molar-refractivity contribution in [1.29, 1.82) is 0 Å². The van der Waals surface area contributed by atoms with E-state index in [-0.39, 0.29) is 11.8 Å². The Morgan fingerprint density at radius 2 is 1.81 bits per heavy atom. The van der Waals surface area contributed by atoms with E-state index >= 15 is 0 Å². The van der Waals surface area contributed by atoms with Gasteiger partial charge >= 0.3 is 12.1 Å². The third-order valence-electron chi connectivity index (χ3n) is 8.68. The van der Waals surface area contributed by atoms with Crippen molar-refractivity contribution in [3.8, 4) is 11.5 Å². The molecule has 4 aromatic rings. The van der Waals surface area contributed by atoms with Crippen LogP contribution in [0.5, 0.6) is 11.5 Å². The van der Waals surface area contributed by atoms with Crippen LogP contribution >= 0.6 is 0 Å². The molecule has 1 saturated heterocycles. The third kappa shape index (κ3) is 6.81. The fraction of sp³-hybridized carbons (Fsp3) is 0.324. The highest BCUT2D eigenvalue weighted by atomic mass is 19.4. The Balaban J connectivity index is 0.000000499. The Morgan fingerprint density at radius 1 is 1.09 bits per heavy atom. The maximum atomic E-state index is 13.0. The van der Waals surface area contributed by atoms with Crippen LogP contribution in [-0.2, 0) is 19.7 Å². The number of ether oxygens (including phenoxy) is 3. The van der Waals surface area contributed by atoms with E-state index in [1.165, 1.54) is 0 Å². The monoisotopic (exact) mass is 650 g/mol. The van der Waals surface area contributed by atoms with Gasteiger partial charge in [0.25, 0.3) is 0 Å². The summed E-state index contributed by atoms with van der Waals surface area (Å²) < 4.78 is 48.5. The minimum Gasteiger partial charge on any atom is -0.497 e. The second kappa shape index (κ2) is 13.1. The lowest BCUT2D eigenvalue weighted by molar-refractivity contribution is -0.192. The van der Waals surface area contributed by atoms with Gasteiger partial charge in [-0.2, -0.15) is 18.3 Å². The van der Waals surface area contributed by atoms with E-state index in [2.05, 4.69) is 56.8 Å². The van der Waals surface area contributed by atoms with Crippen molar-refractivity contribution in [1.82, 2.24) is 15.1 Å². The van der Waals surface area contributed by atoms with Gasteiger partial charge in [0, 0.05) is 36.6 Å². The maximum absolute atomic E-state index is 13.0. The molecule has 3 aromatic carbocycles. The predicted octanol–water partition coefficient (Wildman–Crippen LogP) is 5.46. The number of aromatic amines is 1. The first-order valence-electron chi connectivity index (χ1n) is 15.1. The molecule has 2 atom stereocenters. The van der Waals surface area contributed by atoms with Crippen molar-refractivity contribution >= 4 is 40.6 Å². The summed E-state index contributed by atoms with van der Waals surface area (Å²) in [6, 6.07) is 20.3. The topological polar surface area (TPSA) is 126 Å². The lowest BCUT2D eigenvalue weighted by Gasteiger charge is -2.26. The largest absolute Gasteiger partial charge is 0.497 e. The molecular formula is C34H33F3N4O6. The van der Waals surface area contributed by atoms with Crippen LogP contribution in [0, 0.1) is 0 Å². The van der Waals surface area contributed by atoms with Gasteiger partial charge in [-0.15, -0.1) is 0 Å². The van der Waals surface area contributed by atoms with Crippen LogP contribution in [0.4, 0.5) is 18.9 Å². The van der Waals surface area contributed by atoms with Gasteiger partial charge in [-0.05, 0) is 65.6 Å². The SMILES string of the molecule is COc1ccc2c(c1)[C@]1(C[C@H]1c1ccc3c(/C=C/c4ccc(OCCN5CCOCC5)cc4)n[nH]c3c1)C(=O)N2.O=C(O)C(F)(F)F. The van der Waals surface area contributed by atoms with E-state index in [1.54, 1.807) is 7.11 Å². The summed E-state index contributed by atoms with van der Waals surface area (Å²) in [5.41, 5.74) is 5.47. The molecule has 0 bridgehead atoms. The Kier molecular flexibility index (Phi) is 8.93. The Hall–Kier alpha value is -4.88. The average molecular weight is 651 g/mol. The molecule has 1 spiro atoms. The number of hydrogen-bond acceptors (Lipinski definition) is 7. The van der Waals surface area contributed by atoms with E-state index in [1.807, 2.05) is 36.4 Å². The average Bonchev–Trinajstić information content (AvgIpc) is 3.61. The molecule has 13 heteroatoms. The van der Waals surface area contributed by atoms with E-state index in [0.717, 1.165) is 89.7 Å². The summed E-state index contributed by atoms with van der Waals surface area (Å²) in [7, 11) is 1.65. The number of aliphatic carboxylic acids is 1. The van der Waals surface area contributed by atoms with E-state index in [0.29, 0.717) is 6.61 Å². The van der Waals surface area contributed by atoms with Crippen molar-refractivity contribution in [2.45, 2.75) is 23.9 Å². The lowest BCUT2D eigenvalue weighted by Crippen LogP contribution is -2.38. The van der Waals surface area contributed by atoms with Crippen molar-refractivity contribution in [2.75, 3.05) is 51.9 Å². The zero-order valence-electron chi connectivity index (χ0n) is 25.5. The molecule has 10 nitrogen and oxygen atoms in total. The number of nitrogens with one attached hydrogen (secondary N) is 2. The second-order valence-corrected chi connectivity index (χ2v) is 11.5. The predicted molar refractivity (Wildman–Crippen MR) is 169 cm³/mol. The Morgan fingerprint density at radius 3 is 2.51 bits per heavy atom. The number of H-pyrrole nitrogens is 1. The number of rotatable bonds is 8. The quantitative estimate of drug-likeness (QED) is 0.230. The number of carboxylic acid groups (broad SMARTS) is 1. The zero-order chi connectivity index (χ0) is 33.2. The van der Waals surface area contributed by atoms with Crippen molar-refractivity contribution in [2.24, 2.45) is 0 Å². The number of hydrogen-bond donors (Lipinski definition) is 3. The summed E-state index contributed by atoms with van der Waals surface area (Å²) in [6.07, 6.45) is -0.208. The minimum absolute atomic E-state index is 0.0719. The third-order valence-corrected chi connectivity index (χ3v) is 8.68. The molecule has 2 fully saturated rings. The number of halogens is 3. The van der Waals surface area contributed by atoms with Crippen molar-refractivity contribution < 1.29 is 42.1 Å². The van der Waals surface area contributed by atoms with Gasteiger partial charge in [0.1, 0.15) is 18.1 Å². The summed E-state index contributed by atoms with van der Waals surface area (Å²) in [5.74, 6) is -0.915. The zero-order valence-corrected chi connectivity index (χ0v) is 25.5. The number of fused-ring (bicyclic) bond motifs is 3. The second-order valence-electron chi connectivity index (χ2n) is 11.5. The standard InChI is InChI=1S/C32H32N4O4.C2HF3O2/c1-38-24-8-11-29-26(19-24)32(31(37)33-29)20-27(32)22-5-9-25-28(34-35-30(25)18-22)10-4-21-2-6-23(7-3-21)40-17-14-36-12-15-39-16-13-36;3-2(4,5)1(6)7/h2-11,18-19,27H,12-17,20H2,1H3,(H,33,37)(H,34,35);(H,6,7)/b10-4+;/t27-,32-;/m0./s1. The molecule has 0 radical (unpaired) electrons. The summed E-state index contributed by atoms with van der Waals surface area (Å²) in [5, 5.41) is 19.0. The number of morpholine rings is 1. The van der Waals surface area contributed by atoms with E-state index in [9.17, 15) is 18.0 Å².